The van der Waals surface area contributed by atoms with Crippen LogP contribution in [0.2, 0.25) is 0 Å². The molecule has 8 nitrogen and oxygen atoms in total. The summed E-state index contributed by atoms with van der Waals surface area (Å²) in [7, 11) is 1.23. The summed E-state index contributed by atoms with van der Waals surface area (Å²) in [5.74, 6) is -1.35. The molecule has 0 aromatic carbocycles. The van der Waals surface area contributed by atoms with Gasteiger partial charge in [-0.05, 0) is 19.3 Å². The number of nitrogens with one attached hydrogen (secondary N) is 1. The lowest BCUT2D eigenvalue weighted by molar-refractivity contribution is -0.146. The Kier molecular flexibility index (Phi) is 7.48. The minimum Gasteiger partial charge on any atom is -0.467 e. The molecule has 1 rings (SSSR count). The van der Waals surface area contributed by atoms with E-state index >= 15 is 0 Å². The van der Waals surface area contributed by atoms with Crippen molar-refractivity contribution in [3.05, 3.63) is 0 Å². The Balaban J connectivity index is 2.66. The van der Waals surface area contributed by atoms with Crippen LogP contribution in [0.1, 0.15) is 39.0 Å². The van der Waals surface area contributed by atoms with Crippen molar-refractivity contribution in [1.82, 2.24) is 10.2 Å². The van der Waals surface area contributed by atoms with E-state index in [1.807, 2.05) is 6.07 Å². The number of nitriles is 1. The van der Waals surface area contributed by atoms with Gasteiger partial charge in [0.25, 0.3) is 0 Å². The average molecular weight is 325 g/mol. The normalized spacial score (nSPS) is 21.4. The number of β-amino-alcohol motifs (C(OH)–C–C–N with tert-alkyl or cyclic N) is 1. The second-order valence-electron chi connectivity index (χ2n) is 5.56. The van der Waals surface area contributed by atoms with Gasteiger partial charge in [-0.25, -0.2) is 4.79 Å². The molecule has 0 unspecified atom stereocenters. The van der Waals surface area contributed by atoms with Gasteiger partial charge in [0.15, 0.2) is 0 Å². The molecule has 3 atom stereocenters. The molecule has 0 spiro atoms. The van der Waals surface area contributed by atoms with Crippen molar-refractivity contribution in [1.29, 1.82) is 5.26 Å². The van der Waals surface area contributed by atoms with Gasteiger partial charge in [-0.3, -0.25) is 9.59 Å². The van der Waals surface area contributed by atoms with E-state index in [2.05, 4.69) is 10.1 Å². The fourth-order valence-corrected chi connectivity index (χ4v) is 2.62. The highest BCUT2D eigenvalue weighted by atomic mass is 16.5. The zero-order valence-corrected chi connectivity index (χ0v) is 13.4. The summed E-state index contributed by atoms with van der Waals surface area (Å²) in [5.41, 5.74) is 0. The van der Waals surface area contributed by atoms with E-state index in [1.165, 1.54) is 18.9 Å². The molecule has 1 aliphatic heterocycles. The topological polar surface area (TPSA) is 120 Å². The number of amides is 2. The summed E-state index contributed by atoms with van der Waals surface area (Å²) in [6, 6.07) is 0.413. The Morgan fingerprint density at radius 3 is 2.70 bits per heavy atom. The van der Waals surface area contributed by atoms with E-state index in [9.17, 15) is 19.5 Å². The van der Waals surface area contributed by atoms with Crippen LogP contribution in [0.25, 0.3) is 0 Å². The molecule has 8 heteroatoms. The van der Waals surface area contributed by atoms with Crippen molar-refractivity contribution < 1.29 is 24.2 Å². The minimum absolute atomic E-state index is 0.110. The largest absolute Gasteiger partial charge is 0.467 e. The van der Waals surface area contributed by atoms with Crippen LogP contribution in [0.3, 0.4) is 0 Å². The summed E-state index contributed by atoms with van der Waals surface area (Å²) < 4.78 is 4.68. The summed E-state index contributed by atoms with van der Waals surface area (Å²) >= 11 is 0. The fraction of sp³-hybridized carbons (Fsp3) is 0.733. The molecule has 1 saturated heterocycles. The van der Waals surface area contributed by atoms with E-state index in [1.54, 1.807) is 0 Å². The third kappa shape index (κ3) is 5.53. The third-order valence-electron chi connectivity index (χ3n) is 3.82. The van der Waals surface area contributed by atoms with Crippen molar-refractivity contribution in [3.63, 3.8) is 0 Å². The van der Waals surface area contributed by atoms with Gasteiger partial charge in [-0.2, -0.15) is 5.26 Å². The van der Waals surface area contributed by atoms with Crippen LogP contribution in [-0.2, 0) is 19.1 Å². The van der Waals surface area contributed by atoms with Gasteiger partial charge in [-0.1, -0.05) is 0 Å². The number of unbranched alkanes of at least 4 members (excludes halogenated alkanes) is 2. The van der Waals surface area contributed by atoms with Crippen LogP contribution in [0.5, 0.6) is 0 Å². The monoisotopic (exact) mass is 325 g/mol. The van der Waals surface area contributed by atoms with Crippen molar-refractivity contribution in [2.24, 2.45) is 0 Å². The molecule has 2 amide bonds. The molecule has 0 bridgehead atoms. The van der Waals surface area contributed by atoms with Crippen molar-refractivity contribution in [3.8, 4) is 6.07 Å². The maximum absolute atomic E-state index is 12.3. The number of carbonyl (C=O) groups is 3. The fourth-order valence-electron chi connectivity index (χ4n) is 2.62. The second kappa shape index (κ2) is 9.10. The summed E-state index contributed by atoms with van der Waals surface area (Å²) in [5, 5.41) is 20.8. The van der Waals surface area contributed by atoms with Crippen molar-refractivity contribution in [2.75, 3.05) is 13.7 Å². The first-order chi connectivity index (χ1) is 10.9. The van der Waals surface area contributed by atoms with E-state index in [4.69, 9.17) is 5.26 Å². The molecular weight excluding hydrogens is 302 g/mol. The molecule has 0 aromatic rings. The van der Waals surface area contributed by atoms with E-state index in [0.717, 1.165) is 0 Å². The first-order valence-electron chi connectivity index (χ1n) is 7.61. The lowest BCUT2D eigenvalue weighted by Crippen LogP contribution is -2.50. The van der Waals surface area contributed by atoms with Crippen LogP contribution in [-0.4, -0.2) is 59.6 Å². The number of aliphatic hydroxyl groups is 1. The van der Waals surface area contributed by atoms with Gasteiger partial charge in [-0.15, -0.1) is 0 Å². The number of carbonyl (C=O) groups excluding carboxylic acids is 3. The maximum atomic E-state index is 12.3. The molecule has 0 aromatic heterocycles. The van der Waals surface area contributed by atoms with Gasteiger partial charge in [0, 0.05) is 26.3 Å². The number of methoxy groups -OCH3 is 1. The predicted molar refractivity (Wildman–Crippen MR) is 79.8 cm³/mol. The Labute approximate surface area is 135 Å². The summed E-state index contributed by atoms with van der Waals surface area (Å²) in [6.07, 6.45) is 1.36. The minimum atomic E-state index is -0.822. The molecule has 1 aliphatic rings. The SMILES string of the molecule is COC(=O)[C@@H](CCCCC#N)NC(=O)[C@@H]1C[C@@H](O)CN1C(C)=O. The number of esters is 1. The standard InChI is InChI=1S/C15H23N3O5/c1-10(19)18-9-11(20)8-13(18)14(21)17-12(15(22)23-2)6-4-3-5-7-16/h11-13,20H,3-6,8-9H2,1-2H3,(H,17,21)/t11-,12-,13+/m1/s1. The highest BCUT2D eigenvalue weighted by molar-refractivity contribution is 5.90. The Morgan fingerprint density at radius 2 is 2.13 bits per heavy atom. The summed E-state index contributed by atoms with van der Waals surface area (Å²) in [6.45, 7) is 1.44. The molecule has 0 aliphatic carbocycles. The van der Waals surface area contributed by atoms with Gasteiger partial charge >= 0.3 is 5.97 Å². The lowest BCUT2D eigenvalue weighted by atomic mass is 10.1. The van der Waals surface area contributed by atoms with Crippen molar-refractivity contribution >= 4 is 17.8 Å². The number of nitrogens with zero attached hydrogens (tertiary/aromatic N) is 2. The maximum Gasteiger partial charge on any atom is 0.328 e. The molecule has 23 heavy (non-hydrogen) atoms. The van der Waals surface area contributed by atoms with Crippen LogP contribution in [0.15, 0.2) is 0 Å². The Bertz CT molecular complexity index is 488. The highest BCUT2D eigenvalue weighted by Crippen LogP contribution is 2.18. The van der Waals surface area contributed by atoms with Crippen LogP contribution < -0.4 is 5.32 Å². The average Bonchev–Trinajstić information content (AvgIpc) is 2.91. The molecular formula is C15H23N3O5. The molecule has 1 fully saturated rings. The van der Waals surface area contributed by atoms with Gasteiger partial charge in [0.2, 0.25) is 11.8 Å². The molecule has 0 saturated carbocycles. The predicted octanol–water partition coefficient (Wildman–Crippen LogP) is -0.290. The van der Waals surface area contributed by atoms with Crippen LogP contribution in [0.4, 0.5) is 0 Å². The van der Waals surface area contributed by atoms with E-state index in [-0.39, 0.29) is 18.9 Å². The zero-order valence-electron chi connectivity index (χ0n) is 13.4. The lowest BCUT2D eigenvalue weighted by Gasteiger charge is -2.24. The highest BCUT2D eigenvalue weighted by Gasteiger charge is 2.38. The number of aliphatic hydroxyl groups excluding tert-OH is 1. The second-order valence-corrected chi connectivity index (χ2v) is 5.56. The Morgan fingerprint density at radius 1 is 1.43 bits per heavy atom. The van der Waals surface area contributed by atoms with E-state index < -0.39 is 30.1 Å². The molecule has 0 radical (unpaired) electrons. The van der Waals surface area contributed by atoms with Gasteiger partial charge < -0.3 is 20.1 Å². The number of ether oxygens (including phenoxy) is 1. The molecule has 1 heterocycles. The summed E-state index contributed by atoms with van der Waals surface area (Å²) in [4.78, 5) is 37.0. The number of likely N-dealkylation sites (tertiary alicyclic amines) is 1. The first kappa shape index (κ1) is 18.9. The molecule has 128 valence electrons. The Hall–Kier alpha value is -2.14. The van der Waals surface area contributed by atoms with Gasteiger partial charge in [0.05, 0.1) is 19.3 Å². The van der Waals surface area contributed by atoms with Crippen molar-refractivity contribution in [2.45, 2.75) is 57.2 Å². The number of hydrogen-bond acceptors (Lipinski definition) is 6. The smallest absolute Gasteiger partial charge is 0.328 e. The molecule has 2 N–H and O–H groups in total. The van der Waals surface area contributed by atoms with Gasteiger partial charge in [0.1, 0.15) is 12.1 Å². The quantitative estimate of drug-likeness (QED) is 0.490. The first-order valence-corrected chi connectivity index (χ1v) is 7.61. The van der Waals surface area contributed by atoms with Crippen LogP contribution in [0, 0.1) is 11.3 Å². The number of rotatable bonds is 7. The number of hydrogen-bond donors (Lipinski definition) is 2. The zero-order chi connectivity index (χ0) is 17.4. The third-order valence-corrected chi connectivity index (χ3v) is 3.82. The van der Waals surface area contributed by atoms with E-state index in [0.29, 0.717) is 25.7 Å². The van der Waals surface area contributed by atoms with Crippen LogP contribution >= 0.6 is 0 Å².